The lowest BCUT2D eigenvalue weighted by Gasteiger charge is -2.15. The van der Waals surface area contributed by atoms with E-state index in [1.165, 1.54) is 18.2 Å². The second-order valence-electron chi connectivity index (χ2n) is 4.32. The molecule has 2 aromatic rings. The molecule has 0 aromatic heterocycles. The Morgan fingerprint density at radius 1 is 1.10 bits per heavy atom. The normalized spacial score (nSPS) is 11.7. The second kappa shape index (κ2) is 6.28. The number of nitrogens with one attached hydrogen (secondary N) is 1. The molecule has 0 aliphatic rings. The van der Waals surface area contributed by atoms with Crippen molar-refractivity contribution in [1.29, 1.82) is 0 Å². The number of carbonyl (C=O) groups is 2. The van der Waals surface area contributed by atoms with Gasteiger partial charge in [0.2, 0.25) is 0 Å². The summed E-state index contributed by atoms with van der Waals surface area (Å²) in [6.45, 7) is 0. The monoisotopic (exact) mass is 305 g/mol. The van der Waals surface area contributed by atoms with Crippen LogP contribution in [0.5, 0.6) is 5.75 Å². The molecule has 108 valence electrons. The molecule has 0 fully saturated rings. The first-order valence-electron chi connectivity index (χ1n) is 6.06. The van der Waals surface area contributed by atoms with Crippen LogP contribution in [0.4, 0.5) is 0 Å². The number of rotatable bonds is 4. The molecule has 0 bridgehead atoms. The topological polar surface area (TPSA) is 86.6 Å². The van der Waals surface area contributed by atoms with Gasteiger partial charge < -0.3 is 15.5 Å². The Labute approximate surface area is 125 Å². The number of aliphatic carboxylic acids is 1. The van der Waals surface area contributed by atoms with E-state index in [2.05, 4.69) is 5.32 Å². The van der Waals surface area contributed by atoms with Crippen molar-refractivity contribution in [2.75, 3.05) is 0 Å². The molecule has 1 atom stereocenters. The predicted octanol–water partition coefficient (Wildman–Crippen LogP) is 2.60. The minimum Gasteiger partial charge on any atom is -0.507 e. The largest absolute Gasteiger partial charge is 0.507 e. The zero-order valence-corrected chi connectivity index (χ0v) is 11.5. The molecule has 0 aliphatic heterocycles. The molecular formula is C15H12ClNO4. The minimum absolute atomic E-state index is 0.0790. The third-order valence-electron chi connectivity index (χ3n) is 2.86. The first-order valence-corrected chi connectivity index (χ1v) is 6.44. The van der Waals surface area contributed by atoms with Crippen molar-refractivity contribution >= 4 is 23.5 Å². The maximum atomic E-state index is 12.1. The smallest absolute Gasteiger partial charge is 0.330 e. The minimum atomic E-state index is -1.21. The molecule has 6 heteroatoms. The van der Waals surface area contributed by atoms with Gasteiger partial charge in [-0.1, -0.05) is 41.9 Å². The Morgan fingerprint density at radius 3 is 2.38 bits per heavy atom. The van der Waals surface area contributed by atoms with Crippen LogP contribution < -0.4 is 5.32 Å². The fourth-order valence-corrected chi connectivity index (χ4v) is 2.00. The molecule has 0 radical (unpaired) electrons. The summed E-state index contributed by atoms with van der Waals surface area (Å²) in [5.41, 5.74) is 0.351. The average Bonchev–Trinajstić information content (AvgIpc) is 2.47. The highest BCUT2D eigenvalue weighted by molar-refractivity contribution is 6.31. The second-order valence-corrected chi connectivity index (χ2v) is 4.75. The molecule has 0 heterocycles. The number of amides is 1. The standard InChI is InChI=1S/C15H12ClNO4/c16-10-6-7-12(18)11(8-10)14(19)17-13(15(20)21)9-4-2-1-3-5-9/h1-8,13,18H,(H,17,19)(H,20,21)/t13-/m1/s1. The molecule has 5 nitrogen and oxygen atoms in total. The van der Waals surface area contributed by atoms with Gasteiger partial charge in [-0.2, -0.15) is 0 Å². The number of halogens is 1. The molecule has 0 unspecified atom stereocenters. The van der Waals surface area contributed by atoms with Crippen molar-refractivity contribution in [1.82, 2.24) is 5.32 Å². The van der Waals surface area contributed by atoms with Crippen LogP contribution >= 0.6 is 11.6 Å². The summed E-state index contributed by atoms with van der Waals surface area (Å²) in [5, 5.41) is 21.5. The third-order valence-corrected chi connectivity index (χ3v) is 3.09. The summed E-state index contributed by atoms with van der Waals surface area (Å²) in [6, 6.07) is 11.0. The van der Waals surface area contributed by atoms with E-state index in [0.29, 0.717) is 5.56 Å². The predicted molar refractivity (Wildman–Crippen MR) is 77.4 cm³/mol. The zero-order valence-electron chi connectivity index (χ0n) is 10.8. The summed E-state index contributed by atoms with van der Waals surface area (Å²) in [6.07, 6.45) is 0. The van der Waals surface area contributed by atoms with E-state index in [0.717, 1.165) is 0 Å². The maximum absolute atomic E-state index is 12.1. The SMILES string of the molecule is O=C(N[C@@H](C(=O)O)c1ccccc1)c1cc(Cl)ccc1O. The van der Waals surface area contributed by atoms with Gasteiger partial charge in [-0.15, -0.1) is 0 Å². The highest BCUT2D eigenvalue weighted by Gasteiger charge is 2.23. The van der Waals surface area contributed by atoms with Crippen molar-refractivity contribution in [2.45, 2.75) is 6.04 Å². The van der Waals surface area contributed by atoms with E-state index in [4.69, 9.17) is 11.6 Å². The van der Waals surface area contributed by atoms with Crippen molar-refractivity contribution in [3.63, 3.8) is 0 Å². The van der Waals surface area contributed by atoms with Crippen molar-refractivity contribution in [2.24, 2.45) is 0 Å². The van der Waals surface area contributed by atoms with E-state index in [-0.39, 0.29) is 16.3 Å². The lowest BCUT2D eigenvalue weighted by molar-refractivity contribution is -0.139. The highest BCUT2D eigenvalue weighted by Crippen LogP contribution is 2.22. The maximum Gasteiger partial charge on any atom is 0.330 e. The van der Waals surface area contributed by atoms with Gasteiger partial charge in [0.05, 0.1) is 5.56 Å². The van der Waals surface area contributed by atoms with Crippen LogP contribution in [0.1, 0.15) is 22.0 Å². The summed E-state index contributed by atoms with van der Waals surface area (Å²) in [7, 11) is 0. The van der Waals surface area contributed by atoms with Crippen LogP contribution in [0, 0.1) is 0 Å². The van der Waals surface area contributed by atoms with Gasteiger partial charge in [0, 0.05) is 5.02 Å². The Hall–Kier alpha value is -2.53. The van der Waals surface area contributed by atoms with E-state index in [1.54, 1.807) is 30.3 Å². The highest BCUT2D eigenvalue weighted by atomic mass is 35.5. The van der Waals surface area contributed by atoms with Crippen molar-refractivity contribution in [3.05, 3.63) is 64.7 Å². The van der Waals surface area contributed by atoms with Crippen LogP contribution in [0.3, 0.4) is 0 Å². The first-order chi connectivity index (χ1) is 9.99. The number of hydrogen-bond acceptors (Lipinski definition) is 3. The lowest BCUT2D eigenvalue weighted by atomic mass is 10.1. The van der Waals surface area contributed by atoms with Crippen LogP contribution in [0.15, 0.2) is 48.5 Å². The van der Waals surface area contributed by atoms with Gasteiger partial charge in [0.15, 0.2) is 6.04 Å². The molecule has 2 aromatic carbocycles. The summed E-state index contributed by atoms with van der Waals surface area (Å²) < 4.78 is 0. The van der Waals surface area contributed by atoms with Gasteiger partial charge in [0.25, 0.3) is 5.91 Å². The number of phenolic OH excluding ortho intramolecular Hbond substituents is 1. The van der Waals surface area contributed by atoms with Crippen LogP contribution in [-0.4, -0.2) is 22.1 Å². The molecule has 0 saturated carbocycles. The van der Waals surface area contributed by atoms with Crippen LogP contribution in [-0.2, 0) is 4.79 Å². The first kappa shape index (κ1) is 14.9. The number of benzene rings is 2. The van der Waals surface area contributed by atoms with E-state index in [9.17, 15) is 19.8 Å². The summed E-state index contributed by atoms with van der Waals surface area (Å²) >= 11 is 5.77. The average molecular weight is 306 g/mol. The Balaban J connectivity index is 2.27. The molecule has 0 spiro atoms. The number of phenols is 1. The van der Waals surface area contributed by atoms with Gasteiger partial charge in [0.1, 0.15) is 5.75 Å². The van der Waals surface area contributed by atoms with Crippen molar-refractivity contribution in [3.8, 4) is 5.75 Å². The molecule has 0 aliphatic carbocycles. The third kappa shape index (κ3) is 3.52. The Morgan fingerprint density at radius 2 is 1.76 bits per heavy atom. The molecular weight excluding hydrogens is 294 g/mol. The fourth-order valence-electron chi connectivity index (χ4n) is 1.83. The molecule has 2 rings (SSSR count). The fraction of sp³-hybridized carbons (Fsp3) is 0.0667. The van der Waals surface area contributed by atoms with E-state index < -0.39 is 17.9 Å². The zero-order chi connectivity index (χ0) is 15.4. The summed E-state index contributed by atoms with van der Waals surface area (Å²) in [4.78, 5) is 23.4. The van der Waals surface area contributed by atoms with Gasteiger partial charge in [-0.05, 0) is 23.8 Å². The van der Waals surface area contributed by atoms with Gasteiger partial charge in [-0.3, -0.25) is 4.79 Å². The molecule has 21 heavy (non-hydrogen) atoms. The van der Waals surface area contributed by atoms with Gasteiger partial charge >= 0.3 is 5.97 Å². The number of aromatic hydroxyl groups is 1. The lowest BCUT2D eigenvalue weighted by Crippen LogP contribution is -2.33. The van der Waals surface area contributed by atoms with Crippen LogP contribution in [0.25, 0.3) is 0 Å². The number of carboxylic acid groups (broad SMARTS) is 1. The Bertz CT molecular complexity index is 673. The quantitative estimate of drug-likeness (QED) is 0.810. The molecule has 3 N–H and O–H groups in total. The molecule has 0 saturated heterocycles. The van der Waals surface area contributed by atoms with Gasteiger partial charge in [-0.25, -0.2) is 4.79 Å². The van der Waals surface area contributed by atoms with E-state index in [1.807, 2.05) is 0 Å². The van der Waals surface area contributed by atoms with E-state index >= 15 is 0 Å². The van der Waals surface area contributed by atoms with Crippen molar-refractivity contribution < 1.29 is 19.8 Å². The number of carboxylic acids is 1. The molecule has 1 amide bonds. The van der Waals surface area contributed by atoms with Crippen LogP contribution in [0.2, 0.25) is 5.02 Å². The number of carbonyl (C=O) groups excluding carboxylic acids is 1. The summed E-state index contributed by atoms with van der Waals surface area (Å²) in [5.74, 6) is -2.18. The Kier molecular flexibility index (Phi) is 4.45. The number of hydrogen-bond donors (Lipinski definition) is 3.